The van der Waals surface area contributed by atoms with Crippen LogP contribution in [-0.2, 0) is 13.1 Å². The van der Waals surface area contributed by atoms with E-state index >= 15 is 0 Å². The summed E-state index contributed by atoms with van der Waals surface area (Å²) in [6.07, 6.45) is 3.74. The number of nitrogens with zero attached hydrogens (tertiary/aromatic N) is 2. The number of hydrogen-bond acceptors (Lipinski definition) is 2. The third-order valence-corrected chi connectivity index (χ3v) is 3.37. The highest BCUT2D eigenvalue weighted by molar-refractivity contribution is 5.83. The van der Waals surface area contributed by atoms with Gasteiger partial charge in [-0.15, -0.1) is 0 Å². The maximum atomic E-state index is 8.67. The normalized spacial score (nSPS) is 11.7. The summed E-state index contributed by atoms with van der Waals surface area (Å²) in [6.45, 7) is 8.32. The number of hydrogen-bond donors (Lipinski definition) is 1. The molecular weight excluding hydrogens is 246 g/mol. The molecule has 1 aromatic heterocycles. The molecule has 1 aromatic carbocycles. The number of fused-ring (bicyclic) bond motifs is 1. The van der Waals surface area contributed by atoms with E-state index in [4.69, 9.17) is 5.26 Å². The molecule has 0 aliphatic carbocycles. The molecule has 2 aromatic rings. The number of nitrogens with one attached hydrogen (secondary N) is 1. The molecule has 2 rings (SSSR count). The first-order valence-electron chi connectivity index (χ1n) is 7.20. The molecule has 0 saturated heterocycles. The number of aryl methyl sites for hydroxylation is 1. The molecule has 0 bridgehead atoms. The van der Waals surface area contributed by atoms with Crippen molar-refractivity contribution in [3.05, 3.63) is 36.0 Å². The van der Waals surface area contributed by atoms with Gasteiger partial charge >= 0.3 is 0 Å². The molecule has 3 nitrogen and oxygen atoms in total. The summed E-state index contributed by atoms with van der Waals surface area (Å²) in [5, 5.41) is 13.5. The Hall–Kier alpha value is -1.79. The molecule has 1 N–H and O–H groups in total. The first kappa shape index (κ1) is 14.6. The topological polar surface area (TPSA) is 40.8 Å². The lowest BCUT2D eigenvalue weighted by Crippen LogP contribution is -2.34. The Morgan fingerprint density at radius 2 is 2.00 bits per heavy atom. The van der Waals surface area contributed by atoms with E-state index in [-0.39, 0.29) is 5.54 Å². The Kier molecular flexibility index (Phi) is 4.46. The van der Waals surface area contributed by atoms with Crippen molar-refractivity contribution in [1.82, 2.24) is 9.88 Å². The van der Waals surface area contributed by atoms with Crippen LogP contribution in [-0.4, -0.2) is 10.1 Å². The number of unbranched alkanes of at least 4 members (excludes halogenated alkanes) is 1. The van der Waals surface area contributed by atoms with Crippen molar-refractivity contribution in [3.63, 3.8) is 0 Å². The summed E-state index contributed by atoms with van der Waals surface area (Å²) in [4.78, 5) is 0. The van der Waals surface area contributed by atoms with Crippen molar-refractivity contribution in [2.75, 3.05) is 0 Å². The maximum Gasteiger partial charge on any atom is 0.0622 e. The zero-order chi connectivity index (χ0) is 14.6. The molecule has 0 unspecified atom stereocenters. The van der Waals surface area contributed by atoms with Crippen LogP contribution in [0.1, 0.15) is 39.2 Å². The van der Waals surface area contributed by atoms with Crippen molar-refractivity contribution < 1.29 is 0 Å². The van der Waals surface area contributed by atoms with Crippen LogP contribution in [0.5, 0.6) is 0 Å². The second kappa shape index (κ2) is 6.11. The Bertz CT molecular complexity index is 611. The predicted molar refractivity (Wildman–Crippen MR) is 83.4 cm³/mol. The van der Waals surface area contributed by atoms with Gasteiger partial charge in [0, 0.05) is 42.1 Å². The quantitative estimate of drug-likeness (QED) is 0.838. The van der Waals surface area contributed by atoms with Gasteiger partial charge in [-0.05, 0) is 38.8 Å². The van der Waals surface area contributed by atoms with Crippen molar-refractivity contribution >= 4 is 10.9 Å². The zero-order valence-corrected chi connectivity index (χ0v) is 12.6. The fourth-order valence-corrected chi connectivity index (χ4v) is 2.34. The molecule has 20 heavy (non-hydrogen) atoms. The van der Waals surface area contributed by atoms with Gasteiger partial charge in [-0.1, -0.05) is 18.2 Å². The fourth-order valence-electron chi connectivity index (χ4n) is 2.34. The van der Waals surface area contributed by atoms with Gasteiger partial charge in [-0.3, -0.25) is 0 Å². The van der Waals surface area contributed by atoms with Gasteiger partial charge in [0.2, 0.25) is 0 Å². The summed E-state index contributed by atoms with van der Waals surface area (Å²) in [7, 11) is 0. The van der Waals surface area contributed by atoms with Crippen LogP contribution in [0.2, 0.25) is 0 Å². The standard InChI is InChI=1S/C17H23N3/c1-17(2,3)19-12-14-13-20(11-7-6-10-18)16-9-5-4-8-15(14)16/h4-5,8-9,13,19H,6-7,11-12H2,1-3H3. The highest BCUT2D eigenvalue weighted by Gasteiger charge is 2.12. The summed E-state index contributed by atoms with van der Waals surface area (Å²) in [6, 6.07) is 10.7. The minimum absolute atomic E-state index is 0.115. The van der Waals surface area contributed by atoms with Crippen LogP contribution in [0, 0.1) is 11.3 Å². The van der Waals surface area contributed by atoms with E-state index in [2.05, 4.69) is 67.2 Å². The lowest BCUT2D eigenvalue weighted by Gasteiger charge is -2.20. The molecule has 0 radical (unpaired) electrons. The Morgan fingerprint density at radius 3 is 2.70 bits per heavy atom. The predicted octanol–water partition coefficient (Wildman–Crippen LogP) is 3.83. The van der Waals surface area contributed by atoms with E-state index in [1.807, 2.05) is 0 Å². The Morgan fingerprint density at radius 1 is 1.25 bits per heavy atom. The van der Waals surface area contributed by atoms with E-state index in [1.54, 1.807) is 0 Å². The molecule has 0 saturated carbocycles. The Labute approximate surface area is 121 Å². The van der Waals surface area contributed by atoms with Crippen LogP contribution in [0.15, 0.2) is 30.5 Å². The molecule has 1 heterocycles. The molecule has 3 heteroatoms. The van der Waals surface area contributed by atoms with Gasteiger partial charge < -0.3 is 9.88 Å². The Balaban J connectivity index is 2.24. The van der Waals surface area contributed by atoms with E-state index in [1.165, 1.54) is 16.5 Å². The van der Waals surface area contributed by atoms with Crippen molar-refractivity contribution in [1.29, 1.82) is 5.26 Å². The number of para-hydroxylation sites is 1. The summed E-state index contributed by atoms with van der Waals surface area (Å²) in [5.74, 6) is 0. The fraction of sp³-hybridized carbons (Fsp3) is 0.471. The number of nitriles is 1. The molecule has 106 valence electrons. The van der Waals surface area contributed by atoms with E-state index in [9.17, 15) is 0 Å². The molecule has 0 aliphatic heterocycles. The molecule has 0 amide bonds. The number of aromatic nitrogens is 1. The van der Waals surface area contributed by atoms with Crippen LogP contribution in [0.4, 0.5) is 0 Å². The van der Waals surface area contributed by atoms with Crippen LogP contribution in [0.25, 0.3) is 10.9 Å². The third kappa shape index (κ3) is 3.61. The monoisotopic (exact) mass is 269 g/mol. The maximum absolute atomic E-state index is 8.67. The van der Waals surface area contributed by atoms with Crippen molar-refractivity contribution in [2.45, 2.75) is 52.2 Å². The van der Waals surface area contributed by atoms with Gasteiger partial charge in [0.1, 0.15) is 0 Å². The minimum atomic E-state index is 0.115. The molecule has 0 atom stereocenters. The number of rotatable bonds is 5. The van der Waals surface area contributed by atoms with E-state index in [0.29, 0.717) is 6.42 Å². The molecule has 0 aliphatic rings. The van der Waals surface area contributed by atoms with Crippen molar-refractivity contribution in [3.8, 4) is 6.07 Å². The first-order chi connectivity index (χ1) is 9.51. The second-order valence-corrected chi connectivity index (χ2v) is 6.23. The summed E-state index contributed by atoms with van der Waals surface area (Å²) < 4.78 is 2.27. The lowest BCUT2D eigenvalue weighted by molar-refractivity contribution is 0.425. The van der Waals surface area contributed by atoms with Gasteiger partial charge in [0.15, 0.2) is 0 Å². The SMILES string of the molecule is CC(C)(C)NCc1cn(CCCC#N)c2ccccc12. The van der Waals surface area contributed by atoms with Gasteiger partial charge in [-0.2, -0.15) is 5.26 Å². The molecular formula is C17H23N3. The highest BCUT2D eigenvalue weighted by Crippen LogP contribution is 2.22. The largest absolute Gasteiger partial charge is 0.347 e. The summed E-state index contributed by atoms with van der Waals surface area (Å²) in [5.41, 5.74) is 2.70. The smallest absolute Gasteiger partial charge is 0.0622 e. The lowest BCUT2D eigenvalue weighted by atomic mass is 10.1. The van der Waals surface area contributed by atoms with E-state index in [0.717, 1.165) is 19.5 Å². The average Bonchev–Trinajstić information content (AvgIpc) is 2.75. The number of benzene rings is 1. The zero-order valence-electron chi connectivity index (χ0n) is 12.6. The highest BCUT2D eigenvalue weighted by atomic mass is 15.0. The van der Waals surface area contributed by atoms with Gasteiger partial charge in [-0.25, -0.2) is 0 Å². The van der Waals surface area contributed by atoms with Gasteiger partial charge in [0.05, 0.1) is 6.07 Å². The van der Waals surface area contributed by atoms with Crippen LogP contribution < -0.4 is 5.32 Å². The first-order valence-corrected chi connectivity index (χ1v) is 7.20. The van der Waals surface area contributed by atoms with Crippen molar-refractivity contribution in [2.24, 2.45) is 0 Å². The third-order valence-electron chi connectivity index (χ3n) is 3.37. The van der Waals surface area contributed by atoms with Crippen LogP contribution in [0.3, 0.4) is 0 Å². The minimum Gasteiger partial charge on any atom is -0.347 e. The summed E-state index contributed by atoms with van der Waals surface area (Å²) >= 11 is 0. The molecule has 0 fully saturated rings. The van der Waals surface area contributed by atoms with Crippen LogP contribution >= 0.6 is 0 Å². The molecule has 0 spiro atoms. The van der Waals surface area contributed by atoms with E-state index < -0.39 is 0 Å². The average molecular weight is 269 g/mol. The van der Waals surface area contributed by atoms with Gasteiger partial charge in [0.25, 0.3) is 0 Å². The second-order valence-electron chi connectivity index (χ2n) is 6.23.